The van der Waals surface area contributed by atoms with Gasteiger partial charge in [-0.2, -0.15) is 18.3 Å². The van der Waals surface area contributed by atoms with E-state index in [1.165, 1.54) is 0 Å². The van der Waals surface area contributed by atoms with Crippen LogP contribution in [-0.2, 0) is 9.59 Å². The summed E-state index contributed by atoms with van der Waals surface area (Å²) in [7, 11) is 0. The molecule has 0 unspecified atom stereocenters. The summed E-state index contributed by atoms with van der Waals surface area (Å²) in [5.41, 5.74) is -0.872. The number of amides is 1. The standard InChI is InChI=1S/C11H10F3N3O3/c12-11(13,14)7-1-2-8-15-17(4-3-10(19)20)9(18)6-16(8)5-7/h1-2,5H,3-4,6H2,(H,19,20). The van der Waals surface area contributed by atoms with Gasteiger partial charge >= 0.3 is 12.1 Å². The number of carbonyl (C=O) groups excluding carboxylic acids is 1. The Morgan fingerprint density at radius 2 is 2.10 bits per heavy atom. The lowest BCUT2D eigenvalue weighted by Crippen LogP contribution is -2.46. The van der Waals surface area contributed by atoms with Crippen molar-refractivity contribution < 1.29 is 27.9 Å². The molecule has 0 aliphatic carbocycles. The Morgan fingerprint density at radius 1 is 1.40 bits per heavy atom. The van der Waals surface area contributed by atoms with E-state index in [1.807, 2.05) is 0 Å². The zero-order valence-corrected chi connectivity index (χ0v) is 10.1. The van der Waals surface area contributed by atoms with Crippen molar-refractivity contribution in [3.63, 3.8) is 0 Å². The van der Waals surface area contributed by atoms with Crippen molar-refractivity contribution in [2.75, 3.05) is 13.1 Å². The highest BCUT2D eigenvalue weighted by molar-refractivity contribution is 6.00. The maximum atomic E-state index is 12.5. The molecule has 0 radical (unpaired) electrons. The summed E-state index contributed by atoms with van der Waals surface area (Å²) >= 11 is 0. The molecule has 1 amide bonds. The molecule has 2 aliphatic heterocycles. The van der Waals surface area contributed by atoms with Gasteiger partial charge in [-0.25, -0.2) is 5.01 Å². The predicted molar refractivity (Wildman–Crippen MR) is 61.4 cm³/mol. The van der Waals surface area contributed by atoms with Crippen molar-refractivity contribution in [1.82, 2.24) is 9.91 Å². The average molecular weight is 289 g/mol. The number of carboxylic acids is 1. The van der Waals surface area contributed by atoms with E-state index in [0.29, 0.717) is 0 Å². The fourth-order valence-corrected chi connectivity index (χ4v) is 1.71. The molecule has 0 aromatic rings. The van der Waals surface area contributed by atoms with E-state index in [9.17, 15) is 22.8 Å². The number of hydrogen-bond donors (Lipinski definition) is 1. The summed E-state index contributed by atoms with van der Waals surface area (Å²) in [6.07, 6.45) is -1.96. The van der Waals surface area contributed by atoms with E-state index < -0.39 is 23.6 Å². The molecule has 9 heteroatoms. The smallest absolute Gasteiger partial charge is 0.417 e. The van der Waals surface area contributed by atoms with Crippen LogP contribution in [0.3, 0.4) is 0 Å². The van der Waals surface area contributed by atoms with Crippen LogP contribution < -0.4 is 0 Å². The van der Waals surface area contributed by atoms with E-state index in [-0.39, 0.29) is 25.3 Å². The zero-order valence-electron chi connectivity index (χ0n) is 10.1. The van der Waals surface area contributed by atoms with Gasteiger partial charge < -0.3 is 10.0 Å². The maximum absolute atomic E-state index is 12.5. The summed E-state index contributed by atoms with van der Waals surface area (Å²) in [6.45, 7) is -0.419. The number of rotatable bonds is 3. The molecule has 6 nitrogen and oxygen atoms in total. The summed E-state index contributed by atoms with van der Waals surface area (Å²) in [6, 6.07) is 0. The predicted octanol–water partition coefficient (Wildman–Crippen LogP) is 0.935. The average Bonchev–Trinajstić information content (AvgIpc) is 2.34. The van der Waals surface area contributed by atoms with Gasteiger partial charge in [0, 0.05) is 6.20 Å². The quantitative estimate of drug-likeness (QED) is 0.839. The Labute approximate surface area is 111 Å². The lowest BCUT2D eigenvalue weighted by Gasteiger charge is -2.32. The van der Waals surface area contributed by atoms with Crippen LogP contribution in [0, 0.1) is 0 Å². The zero-order chi connectivity index (χ0) is 14.9. The molecular formula is C11H10F3N3O3. The minimum atomic E-state index is -4.49. The topological polar surface area (TPSA) is 73.2 Å². The lowest BCUT2D eigenvalue weighted by atomic mass is 10.2. The summed E-state index contributed by atoms with van der Waals surface area (Å²) < 4.78 is 37.6. The summed E-state index contributed by atoms with van der Waals surface area (Å²) in [5, 5.41) is 13.3. The number of hydrazone groups is 1. The highest BCUT2D eigenvalue weighted by atomic mass is 19.4. The number of carboxylic acid groups (broad SMARTS) is 1. The van der Waals surface area contributed by atoms with E-state index >= 15 is 0 Å². The van der Waals surface area contributed by atoms with Crippen molar-refractivity contribution in [3.8, 4) is 0 Å². The second-order valence-electron chi connectivity index (χ2n) is 4.16. The molecule has 0 aromatic carbocycles. The first kappa shape index (κ1) is 14.1. The number of fused-ring (bicyclic) bond motifs is 1. The van der Waals surface area contributed by atoms with E-state index in [2.05, 4.69) is 5.10 Å². The van der Waals surface area contributed by atoms with Crippen molar-refractivity contribution in [3.05, 3.63) is 23.9 Å². The molecule has 20 heavy (non-hydrogen) atoms. The van der Waals surface area contributed by atoms with Crippen molar-refractivity contribution in [1.29, 1.82) is 0 Å². The molecule has 0 atom stereocenters. The number of alkyl halides is 3. The first-order valence-electron chi connectivity index (χ1n) is 5.62. The second-order valence-corrected chi connectivity index (χ2v) is 4.16. The van der Waals surface area contributed by atoms with Crippen molar-refractivity contribution in [2.45, 2.75) is 12.6 Å². The third-order valence-corrected chi connectivity index (χ3v) is 2.68. The Morgan fingerprint density at radius 3 is 2.70 bits per heavy atom. The molecule has 0 fully saturated rings. The monoisotopic (exact) mass is 289 g/mol. The van der Waals surface area contributed by atoms with E-state index in [4.69, 9.17) is 5.11 Å². The molecule has 0 bridgehead atoms. The molecule has 0 saturated carbocycles. The molecule has 2 aliphatic rings. The van der Waals surface area contributed by atoms with Gasteiger partial charge in [0.25, 0.3) is 5.91 Å². The fraction of sp³-hybridized carbons (Fsp3) is 0.364. The number of allylic oxidation sites excluding steroid dienone is 2. The molecule has 0 saturated heterocycles. The minimum Gasteiger partial charge on any atom is -0.481 e. The Bertz CT molecular complexity index is 537. The van der Waals surface area contributed by atoms with Crippen LogP contribution in [0.2, 0.25) is 0 Å². The number of hydrogen-bond acceptors (Lipinski definition) is 4. The molecular weight excluding hydrogens is 279 g/mol. The molecule has 108 valence electrons. The number of amidine groups is 1. The van der Waals surface area contributed by atoms with Gasteiger partial charge in [-0.05, 0) is 12.2 Å². The van der Waals surface area contributed by atoms with Gasteiger partial charge in [-0.3, -0.25) is 9.59 Å². The fourth-order valence-electron chi connectivity index (χ4n) is 1.71. The van der Waals surface area contributed by atoms with Crippen molar-refractivity contribution in [2.24, 2.45) is 5.10 Å². The molecule has 2 heterocycles. The number of nitrogens with zero attached hydrogens (tertiary/aromatic N) is 3. The van der Waals surface area contributed by atoms with Gasteiger partial charge in [0.15, 0.2) is 5.84 Å². The van der Waals surface area contributed by atoms with Gasteiger partial charge in [-0.15, -0.1) is 0 Å². The van der Waals surface area contributed by atoms with Crippen LogP contribution in [0.1, 0.15) is 6.42 Å². The van der Waals surface area contributed by atoms with Gasteiger partial charge in [-0.1, -0.05) is 0 Å². The SMILES string of the molecule is O=C(O)CCN1N=C2C=CC(C(F)(F)F)=CN2CC1=O. The Hall–Kier alpha value is -2.32. The summed E-state index contributed by atoms with van der Waals surface area (Å²) in [5.74, 6) is -1.47. The largest absolute Gasteiger partial charge is 0.481 e. The van der Waals surface area contributed by atoms with Crippen molar-refractivity contribution >= 4 is 17.7 Å². The van der Waals surface area contributed by atoms with Crippen LogP contribution in [0.15, 0.2) is 29.0 Å². The Balaban J connectivity index is 2.16. The van der Waals surface area contributed by atoms with Crippen LogP contribution in [0.5, 0.6) is 0 Å². The van der Waals surface area contributed by atoms with Crippen LogP contribution >= 0.6 is 0 Å². The number of aliphatic carboxylic acids is 1. The number of carbonyl (C=O) groups is 2. The first-order valence-corrected chi connectivity index (χ1v) is 5.62. The van der Waals surface area contributed by atoms with E-state index in [1.54, 1.807) is 0 Å². The molecule has 2 rings (SSSR count). The van der Waals surface area contributed by atoms with Gasteiger partial charge in [0.2, 0.25) is 0 Å². The third kappa shape index (κ3) is 2.98. The normalized spacial score (nSPS) is 18.6. The Kier molecular flexibility index (Phi) is 3.51. The van der Waals surface area contributed by atoms with E-state index in [0.717, 1.165) is 28.3 Å². The molecule has 0 spiro atoms. The number of halogens is 3. The van der Waals surface area contributed by atoms with Crippen LogP contribution in [0.4, 0.5) is 13.2 Å². The maximum Gasteiger partial charge on any atom is 0.417 e. The van der Waals surface area contributed by atoms with Crippen LogP contribution in [0.25, 0.3) is 0 Å². The van der Waals surface area contributed by atoms with Crippen LogP contribution in [-0.4, -0.2) is 52.0 Å². The highest BCUT2D eigenvalue weighted by Crippen LogP contribution is 2.29. The molecule has 0 aromatic heterocycles. The first-order chi connectivity index (χ1) is 9.27. The highest BCUT2D eigenvalue weighted by Gasteiger charge is 2.36. The van der Waals surface area contributed by atoms with Gasteiger partial charge in [0.1, 0.15) is 6.54 Å². The lowest BCUT2D eigenvalue weighted by molar-refractivity contribution is -0.139. The van der Waals surface area contributed by atoms with Gasteiger partial charge in [0.05, 0.1) is 18.5 Å². The summed E-state index contributed by atoms with van der Waals surface area (Å²) in [4.78, 5) is 23.2. The molecule has 1 N–H and O–H groups in total. The third-order valence-electron chi connectivity index (χ3n) is 2.68. The minimum absolute atomic E-state index is 0.116. The second kappa shape index (κ2) is 4.99.